The molecular formula is C20H26ClN3O3S. The van der Waals surface area contributed by atoms with E-state index in [9.17, 15) is 13.2 Å². The molecule has 0 saturated carbocycles. The number of rotatable bonds is 8. The van der Waals surface area contributed by atoms with Crippen LogP contribution >= 0.6 is 11.6 Å². The molecule has 0 aliphatic rings. The molecule has 2 rings (SSSR count). The summed E-state index contributed by atoms with van der Waals surface area (Å²) in [5, 5.41) is 0.367. The number of benzene rings is 2. The normalized spacial score (nSPS) is 11.5. The first kappa shape index (κ1) is 22.2. The lowest BCUT2D eigenvalue weighted by atomic mass is 10.1. The van der Waals surface area contributed by atoms with E-state index >= 15 is 0 Å². The van der Waals surface area contributed by atoms with Crippen molar-refractivity contribution in [2.45, 2.75) is 20.0 Å². The van der Waals surface area contributed by atoms with E-state index in [1.165, 1.54) is 17.7 Å². The Bertz CT molecular complexity index is 928. The molecule has 0 saturated heterocycles. The SMILES string of the molecule is CCN(Cc1ccc(CN(C)C)cc1)C(=O)c1cc(Cl)ccc1NS(C)(=O)=O. The van der Waals surface area contributed by atoms with Crippen LogP contribution in [0.2, 0.25) is 5.02 Å². The van der Waals surface area contributed by atoms with Gasteiger partial charge in [-0.25, -0.2) is 8.42 Å². The third-order valence-electron chi connectivity index (χ3n) is 4.07. The number of sulfonamides is 1. The first-order valence-corrected chi connectivity index (χ1v) is 11.1. The molecule has 2 aromatic rings. The van der Waals surface area contributed by atoms with E-state index in [-0.39, 0.29) is 17.2 Å². The maximum atomic E-state index is 13.1. The Kier molecular flexibility index (Phi) is 7.46. The summed E-state index contributed by atoms with van der Waals surface area (Å²) < 4.78 is 25.6. The predicted octanol–water partition coefficient (Wildman–Crippen LogP) is 3.44. The van der Waals surface area contributed by atoms with Gasteiger partial charge in [-0.15, -0.1) is 0 Å². The van der Waals surface area contributed by atoms with Gasteiger partial charge in [0.2, 0.25) is 10.0 Å². The lowest BCUT2D eigenvalue weighted by molar-refractivity contribution is 0.0753. The summed E-state index contributed by atoms with van der Waals surface area (Å²) in [5.41, 5.74) is 2.63. The Hall–Kier alpha value is -2.09. The average molecular weight is 424 g/mol. The van der Waals surface area contributed by atoms with E-state index in [4.69, 9.17) is 11.6 Å². The topological polar surface area (TPSA) is 69.7 Å². The Balaban J connectivity index is 2.25. The number of carbonyl (C=O) groups is 1. The molecule has 0 aliphatic carbocycles. The maximum Gasteiger partial charge on any atom is 0.256 e. The number of halogens is 1. The molecule has 0 atom stereocenters. The fourth-order valence-electron chi connectivity index (χ4n) is 2.82. The Morgan fingerprint density at radius 3 is 2.11 bits per heavy atom. The van der Waals surface area contributed by atoms with E-state index in [0.717, 1.165) is 18.4 Å². The molecule has 152 valence electrons. The third kappa shape index (κ3) is 6.51. The minimum Gasteiger partial charge on any atom is -0.335 e. The molecule has 0 spiro atoms. The van der Waals surface area contributed by atoms with Crippen molar-refractivity contribution in [3.05, 3.63) is 64.2 Å². The van der Waals surface area contributed by atoms with E-state index in [0.29, 0.717) is 18.1 Å². The highest BCUT2D eigenvalue weighted by molar-refractivity contribution is 7.92. The van der Waals surface area contributed by atoms with Crippen molar-refractivity contribution in [1.82, 2.24) is 9.80 Å². The van der Waals surface area contributed by atoms with Crippen molar-refractivity contribution in [3.8, 4) is 0 Å². The van der Waals surface area contributed by atoms with Crippen LogP contribution in [-0.2, 0) is 23.1 Å². The lowest BCUT2D eigenvalue weighted by Gasteiger charge is -2.23. The Labute approximate surface area is 172 Å². The fraction of sp³-hybridized carbons (Fsp3) is 0.350. The van der Waals surface area contributed by atoms with Gasteiger partial charge in [0.05, 0.1) is 17.5 Å². The number of carbonyl (C=O) groups excluding carboxylic acids is 1. The summed E-state index contributed by atoms with van der Waals surface area (Å²) in [4.78, 5) is 16.8. The van der Waals surface area contributed by atoms with Gasteiger partial charge >= 0.3 is 0 Å². The standard InChI is InChI=1S/C20H26ClN3O3S/c1-5-24(14-16-8-6-15(7-9-16)13-23(2)3)20(25)18-12-17(21)10-11-19(18)22-28(4,26)27/h6-12,22H,5,13-14H2,1-4H3. The van der Waals surface area contributed by atoms with E-state index in [1.54, 1.807) is 11.0 Å². The Morgan fingerprint density at radius 1 is 1.04 bits per heavy atom. The van der Waals surface area contributed by atoms with Crippen molar-refractivity contribution < 1.29 is 13.2 Å². The van der Waals surface area contributed by atoms with Crippen LogP contribution in [0, 0.1) is 0 Å². The summed E-state index contributed by atoms with van der Waals surface area (Å²) in [6.07, 6.45) is 1.04. The minimum atomic E-state index is -3.52. The third-order valence-corrected chi connectivity index (χ3v) is 4.90. The number of hydrogen-bond acceptors (Lipinski definition) is 4. The Morgan fingerprint density at radius 2 is 1.61 bits per heavy atom. The van der Waals surface area contributed by atoms with Crippen LogP contribution in [0.5, 0.6) is 0 Å². The molecule has 0 fully saturated rings. The van der Waals surface area contributed by atoms with Gasteiger partial charge in [-0.2, -0.15) is 0 Å². The van der Waals surface area contributed by atoms with Crippen molar-refractivity contribution in [2.24, 2.45) is 0 Å². The van der Waals surface area contributed by atoms with Gasteiger partial charge in [0.15, 0.2) is 0 Å². The lowest BCUT2D eigenvalue weighted by Crippen LogP contribution is -2.31. The molecule has 0 heterocycles. The molecule has 8 heteroatoms. The zero-order chi connectivity index (χ0) is 20.9. The van der Waals surface area contributed by atoms with Gasteiger partial charge in [0.1, 0.15) is 0 Å². The highest BCUT2D eigenvalue weighted by Crippen LogP contribution is 2.24. The highest BCUT2D eigenvalue weighted by Gasteiger charge is 2.20. The van der Waals surface area contributed by atoms with E-state index < -0.39 is 10.0 Å². The molecule has 28 heavy (non-hydrogen) atoms. The molecule has 0 aliphatic heterocycles. The summed E-state index contributed by atoms with van der Waals surface area (Å²) in [7, 11) is 0.505. The number of anilines is 1. The molecule has 1 N–H and O–H groups in total. The van der Waals surface area contributed by atoms with Crippen LogP contribution in [0.25, 0.3) is 0 Å². The summed E-state index contributed by atoms with van der Waals surface area (Å²) in [6.45, 7) is 3.62. The number of amides is 1. The molecule has 0 radical (unpaired) electrons. The second-order valence-electron chi connectivity index (χ2n) is 6.94. The van der Waals surface area contributed by atoms with Crippen LogP contribution in [0.1, 0.15) is 28.4 Å². The molecule has 0 unspecified atom stereocenters. The van der Waals surface area contributed by atoms with Gasteiger partial charge in [-0.3, -0.25) is 9.52 Å². The van der Waals surface area contributed by atoms with Crippen LogP contribution in [-0.4, -0.2) is 51.0 Å². The van der Waals surface area contributed by atoms with Crippen LogP contribution in [0.4, 0.5) is 5.69 Å². The van der Waals surface area contributed by atoms with Gasteiger partial charge < -0.3 is 9.80 Å². The quantitative estimate of drug-likeness (QED) is 0.706. The zero-order valence-electron chi connectivity index (χ0n) is 16.6. The summed E-state index contributed by atoms with van der Waals surface area (Å²) in [6, 6.07) is 12.6. The first-order valence-electron chi connectivity index (χ1n) is 8.88. The summed E-state index contributed by atoms with van der Waals surface area (Å²) in [5.74, 6) is -0.284. The van der Waals surface area contributed by atoms with Crippen molar-refractivity contribution in [3.63, 3.8) is 0 Å². The molecule has 6 nitrogen and oxygen atoms in total. The van der Waals surface area contributed by atoms with Gasteiger partial charge in [0.25, 0.3) is 5.91 Å². The monoisotopic (exact) mass is 423 g/mol. The molecule has 0 bridgehead atoms. The smallest absolute Gasteiger partial charge is 0.256 e. The second-order valence-corrected chi connectivity index (χ2v) is 9.12. The first-order chi connectivity index (χ1) is 13.1. The minimum absolute atomic E-state index is 0.219. The molecule has 1 amide bonds. The van der Waals surface area contributed by atoms with Crippen LogP contribution in [0.15, 0.2) is 42.5 Å². The molecule has 2 aromatic carbocycles. The largest absolute Gasteiger partial charge is 0.335 e. The molecular weight excluding hydrogens is 398 g/mol. The van der Waals surface area contributed by atoms with Crippen LogP contribution < -0.4 is 4.72 Å². The predicted molar refractivity (Wildman–Crippen MR) is 114 cm³/mol. The van der Waals surface area contributed by atoms with Crippen molar-refractivity contribution in [2.75, 3.05) is 31.6 Å². The van der Waals surface area contributed by atoms with Gasteiger partial charge in [-0.05, 0) is 50.3 Å². The van der Waals surface area contributed by atoms with Gasteiger partial charge in [-0.1, -0.05) is 35.9 Å². The van der Waals surface area contributed by atoms with Gasteiger partial charge in [0, 0.05) is 24.7 Å². The zero-order valence-corrected chi connectivity index (χ0v) is 18.1. The van der Waals surface area contributed by atoms with Crippen molar-refractivity contribution >= 4 is 33.2 Å². The van der Waals surface area contributed by atoms with Crippen LogP contribution in [0.3, 0.4) is 0 Å². The van der Waals surface area contributed by atoms with Crippen molar-refractivity contribution in [1.29, 1.82) is 0 Å². The van der Waals surface area contributed by atoms with E-state index in [2.05, 4.69) is 9.62 Å². The average Bonchev–Trinajstić information content (AvgIpc) is 2.60. The second kappa shape index (κ2) is 9.41. The number of nitrogens with one attached hydrogen (secondary N) is 1. The molecule has 0 aromatic heterocycles. The number of nitrogens with zero attached hydrogens (tertiary/aromatic N) is 2. The summed E-state index contributed by atoms with van der Waals surface area (Å²) >= 11 is 6.05. The highest BCUT2D eigenvalue weighted by atomic mass is 35.5. The number of hydrogen-bond donors (Lipinski definition) is 1. The van der Waals surface area contributed by atoms with E-state index in [1.807, 2.05) is 45.3 Å². The maximum absolute atomic E-state index is 13.1. The fourth-order valence-corrected chi connectivity index (χ4v) is 3.56.